The number of likely N-dealkylation sites (tertiary alicyclic amines) is 2. The molecule has 1 N–H and O–H groups in total. The molecule has 5 heterocycles. The van der Waals surface area contributed by atoms with Gasteiger partial charge in [-0.05, 0) is 62.3 Å². The van der Waals surface area contributed by atoms with E-state index in [0.29, 0.717) is 57.7 Å². The van der Waals surface area contributed by atoms with E-state index in [1.54, 1.807) is 33.9 Å². The maximum atomic E-state index is 13.6. The van der Waals surface area contributed by atoms with E-state index in [4.69, 9.17) is 15.1 Å². The number of anilines is 1. The zero-order valence-electron chi connectivity index (χ0n) is 24.1. The summed E-state index contributed by atoms with van der Waals surface area (Å²) in [6.07, 6.45) is 1.39. The number of hydrogen-bond acceptors (Lipinski definition) is 12. The van der Waals surface area contributed by atoms with Gasteiger partial charge in [0.2, 0.25) is 11.8 Å². The fraction of sp³-hybridized carbons (Fsp3) is 0.500. The molecule has 3 unspecified atom stereocenters. The molecule has 4 aliphatic rings. The number of nitriles is 1. The van der Waals surface area contributed by atoms with Gasteiger partial charge in [-0.15, -0.1) is 5.10 Å². The lowest BCUT2D eigenvalue weighted by molar-refractivity contribution is -0.144. The monoisotopic (exact) mass is 625 g/mol. The highest BCUT2D eigenvalue weighted by Gasteiger charge is 2.46. The summed E-state index contributed by atoms with van der Waals surface area (Å²) >= 11 is 2.62. The number of rotatable bonds is 7. The number of fused-ring (bicyclic) bond motifs is 1. The van der Waals surface area contributed by atoms with Crippen LogP contribution >= 0.6 is 23.1 Å². The van der Waals surface area contributed by atoms with Crippen LogP contribution in [0.1, 0.15) is 31.1 Å². The molecule has 3 atom stereocenters. The highest BCUT2D eigenvalue weighted by atomic mass is 32.2. The number of aliphatic imine (C=N–C) groups is 1. The van der Waals surface area contributed by atoms with Gasteiger partial charge < -0.3 is 14.9 Å². The van der Waals surface area contributed by atoms with Gasteiger partial charge in [-0.25, -0.2) is 14.4 Å². The summed E-state index contributed by atoms with van der Waals surface area (Å²) in [4.78, 5) is 43.4. The Labute approximate surface area is 257 Å². The van der Waals surface area contributed by atoms with E-state index in [9.17, 15) is 24.3 Å². The van der Waals surface area contributed by atoms with Crippen LogP contribution in [0.15, 0.2) is 34.4 Å². The third-order valence-electron chi connectivity index (χ3n) is 8.17. The number of aliphatic hydroxyl groups is 1. The first-order chi connectivity index (χ1) is 20.7. The molecule has 2 saturated heterocycles. The van der Waals surface area contributed by atoms with E-state index >= 15 is 0 Å². The van der Waals surface area contributed by atoms with Crippen molar-refractivity contribution in [2.24, 2.45) is 10.1 Å². The Bertz CT molecular complexity index is 1520. The second-order valence-corrected chi connectivity index (χ2v) is 13.0. The van der Waals surface area contributed by atoms with Crippen molar-refractivity contribution < 1.29 is 19.1 Å². The Morgan fingerprint density at radius 1 is 1.23 bits per heavy atom. The van der Waals surface area contributed by atoms with E-state index in [-0.39, 0.29) is 36.4 Å². The maximum absolute atomic E-state index is 13.6. The number of benzene rings is 1. The molecule has 15 heteroatoms. The van der Waals surface area contributed by atoms with E-state index in [1.807, 2.05) is 17.0 Å². The maximum Gasteiger partial charge on any atom is 0.245 e. The molecule has 2 fully saturated rings. The number of thiazole rings is 1. The quantitative estimate of drug-likeness (QED) is 0.492. The Hall–Kier alpha value is -3.58. The van der Waals surface area contributed by atoms with E-state index in [2.05, 4.69) is 13.0 Å². The van der Waals surface area contributed by atoms with Crippen LogP contribution in [0.3, 0.4) is 0 Å². The van der Waals surface area contributed by atoms with E-state index < -0.39 is 12.1 Å². The summed E-state index contributed by atoms with van der Waals surface area (Å²) < 4.78 is 13.5. The lowest BCUT2D eigenvalue weighted by Crippen LogP contribution is -2.58. The number of piperidine rings is 1. The molecule has 0 bridgehead atoms. The van der Waals surface area contributed by atoms with Crippen LogP contribution in [-0.2, 0) is 9.59 Å². The number of β-amino-alcohol motifs (C(OH)–C–C–N with tert-alkyl or cyclic N) is 1. The third kappa shape index (κ3) is 5.48. The van der Waals surface area contributed by atoms with Gasteiger partial charge in [0, 0.05) is 32.2 Å². The number of aromatic nitrogens is 1. The minimum absolute atomic E-state index is 0.0962. The molecule has 12 nitrogen and oxygen atoms in total. The first-order valence-electron chi connectivity index (χ1n) is 14.2. The van der Waals surface area contributed by atoms with Crippen molar-refractivity contribution in [2.45, 2.75) is 50.5 Å². The highest BCUT2D eigenvalue weighted by molar-refractivity contribution is 8.26. The summed E-state index contributed by atoms with van der Waals surface area (Å²) in [6, 6.07) is 7.58. The van der Waals surface area contributed by atoms with Crippen molar-refractivity contribution in [2.75, 3.05) is 45.2 Å². The third-order valence-corrected chi connectivity index (χ3v) is 10.2. The van der Waals surface area contributed by atoms with Crippen LogP contribution in [0.25, 0.3) is 11.3 Å². The van der Waals surface area contributed by atoms with Gasteiger partial charge in [0.1, 0.15) is 28.6 Å². The molecular weight excluding hydrogens is 594 g/mol. The average molecular weight is 626 g/mol. The molecule has 4 aliphatic heterocycles. The Morgan fingerprint density at radius 3 is 2.65 bits per heavy atom. The molecule has 0 saturated carbocycles. The van der Waals surface area contributed by atoms with Gasteiger partial charge in [-0.2, -0.15) is 5.26 Å². The number of thioether (sulfide) groups is 1. The Kier molecular flexibility index (Phi) is 8.12. The minimum atomic E-state index is -0.466. The molecule has 0 spiro atoms. The first-order valence-corrected chi connectivity index (χ1v) is 15.8. The van der Waals surface area contributed by atoms with Crippen LogP contribution in [0, 0.1) is 17.1 Å². The largest absolute Gasteiger partial charge is 0.389 e. The summed E-state index contributed by atoms with van der Waals surface area (Å²) in [5.74, 6) is -0.554. The Morgan fingerprint density at radius 2 is 1.98 bits per heavy atom. The first kappa shape index (κ1) is 29.5. The second kappa shape index (κ2) is 11.8. The van der Waals surface area contributed by atoms with E-state index in [0.717, 1.165) is 12.8 Å². The average Bonchev–Trinajstić information content (AvgIpc) is 3.68. The van der Waals surface area contributed by atoms with Crippen molar-refractivity contribution in [3.8, 4) is 17.3 Å². The summed E-state index contributed by atoms with van der Waals surface area (Å²) in [6.45, 7) is 3.36. The summed E-state index contributed by atoms with van der Waals surface area (Å²) in [7, 11) is 3.68. The fourth-order valence-electron chi connectivity index (χ4n) is 5.74. The van der Waals surface area contributed by atoms with E-state index in [1.165, 1.54) is 35.2 Å². The van der Waals surface area contributed by atoms with Gasteiger partial charge in [0.25, 0.3) is 0 Å². The molecule has 0 radical (unpaired) electrons. The number of carbonyl (C=O) groups excluding carboxylic acids is 2. The van der Waals surface area contributed by atoms with Crippen molar-refractivity contribution in [3.63, 3.8) is 0 Å². The normalized spacial score (nSPS) is 23.7. The van der Waals surface area contributed by atoms with Gasteiger partial charge in [0.05, 0.1) is 24.7 Å². The molecule has 43 heavy (non-hydrogen) atoms. The summed E-state index contributed by atoms with van der Waals surface area (Å²) in [5.41, 5.74) is 1.16. The van der Waals surface area contributed by atoms with Gasteiger partial charge in [-0.1, -0.05) is 18.3 Å². The van der Waals surface area contributed by atoms with Gasteiger partial charge in [0.15, 0.2) is 15.5 Å². The number of likely N-dealkylation sites (N-methyl/N-ethyl adjacent to an activating group) is 2. The molecule has 226 valence electrons. The number of amides is 2. The lowest BCUT2D eigenvalue weighted by Gasteiger charge is -2.39. The van der Waals surface area contributed by atoms with Crippen molar-refractivity contribution >= 4 is 50.4 Å². The number of carbonyl (C=O) groups is 2. The summed E-state index contributed by atoms with van der Waals surface area (Å²) in [5, 5.41) is 27.9. The molecule has 6 rings (SSSR count). The zero-order chi connectivity index (χ0) is 30.4. The standard InChI is InChI=1S/C28H32FN9O3S2/c1-4-19-24(35(3)26-32-23(21(12-30)42-26)16-7-9-17(29)10-8-16)38-27(31-19)43-28(33-38)37-11-5-6-20(25(37)41)34(2)15-22(40)36-13-18(39)14-36/h7-10,18-20,24,39H,4-6,11,13-15H2,1-3H3. The Balaban J connectivity index is 1.19. The van der Waals surface area contributed by atoms with Crippen molar-refractivity contribution in [1.29, 1.82) is 5.26 Å². The molecule has 1 aromatic carbocycles. The molecule has 1 aromatic heterocycles. The predicted molar refractivity (Wildman–Crippen MR) is 163 cm³/mol. The number of hydrazone groups is 1. The number of aliphatic hydroxyl groups excluding tert-OH is 1. The minimum Gasteiger partial charge on any atom is -0.389 e. The molecule has 0 aliphatic carbocycles. The SMILES string of the molecule is CCC1N=C2SC(N3CCCC(N(C)CC(=O)N4CC(O)C4)C3=O)=NN2C1N(C)c1nc(-c2ccc(F)cc2)c(C#N)s1. The van der Waals surface area contributed by atoms with Gasteiger partial charge >= 0.3 is 0 Å². The van der Waals surface area contributed by atoms with Crippen LogP contribution in [0.2, 0.25) is 0 Å². The number of nitrogens with zero attached hydrogens (tertiary/aromatic N) is 9. The van der Waals surface area contributed by atoms with Crippen molar-refractivity contribution in [1.82, 2.24) is 24.7 Å². The van der Waals surface area contributed by atoms with Crippen molar-refractivity contribution in [3.05, 3.63) is 35.0 Å². The van der Waals surface area contributed by atoms with Crippen LogP contribution in [0.4, 0.5) is 9.52 Å². The molecule has 2 aromatic rings. The zero-order valence-corrected chi connectivity index (χ0v) is 25.7. The highest BCUT2D eigenvalue weighted by Crippen LogP contribution is 2.39. The van der Waals surface area contributed by atoms with Crippen LogP contribution < -0.4 is 4.90 Å². The predicted octanol–water partition coefficient (Wildman–Crippen LogP) is 2.18. The molecular formula is C28H32FN9O3S2. The lowest BCUT2D eigenvalue weighted by atomic mass is 10.0. The smallest absolute Gasteiger partial charge is 0.245 e. The fourth-order valence-corrected chi connectivity index (χ4v) is 7.63. The number of hydrogen-bond donors (Lipinski definition) is 1. The number of halogens is 1. The number of amidine groups is 2. The molecule has 2 amide bonds. The topological polar surface area (TPSA) is 132 Å². The van der Waals surface area contributed by atoms with Crippen LogP contribution in [-0.4, -0.2) is 117 Å². The second-order valence-electron chi connectivity index (χ2n) is 11.0. The van der Waals surface area contributed by atoms with Gasteiger partial charge in [-0.3, -0.25) is 24.4 Å². The van der Waals surface area contributed by atoms with Crippen LogP contribution in [0.5, 0.6) is 0 Å².